The molecule has 1 unspecified atom stereocenters. The zero-order chi connectivity index (χ0) is 29.5. The van der Waals surface area contributed by atoms with Gasteiger partial charge in [-0.15, -0.1) is 0 Å². The third kappa shape index (κ3) is 4.57. The van der Waals surface area contributed by atoms with Crippen LogP contribution in [0.2, 0.25) is 0 Å². The first-order valence-electron chi connectivity index (χ1n) is 13.3. The van der Waals surface area contributed by atoms with E-state index in [-0.39, 0.29) is 64.0 Å². The Labute approximate surface area is 237 Å². The summed E-state index contributed by atoms with van der Waals surface area (Å²) in [6.45, 7) is 0.320. The highest BCUT2D eigenvalue weighted by Crippen LogP contribution is 2.62. The fraction of sp³-hybridized carbons (Fsp3) is 0.300. The van der Waals surface area contributed by atoms with Gasteiger partial charge in [-0.3, -0.25) is 4.48 Å². The van der Waals surface area contributed by atoms with Crippen LogP contribution in [0.25, 0.3) is 0 Å². The van der Waals surface area contributed by atoms with E-state index in [1.807, 2.05) is 0 Å². The molecule has 0 amide bonds. The van der Waals surface area contributed by atoms with Crippen molar-refractivity contribution in [3.8, 4) is 28.7 Å². The van der Waals surface area contributed by atoms with Gasteiger partial charge in [0, 0.05) is 17.2 Å². The molecule has 0 saturated heterocycles. The number of aliphatic hydroxyl groups is 2. The molecule has 0 bridgehead atoms. The molecule has 5 rings (SSSR count). The Kier molecular flexibility index (Phi) is 7.20. The Morgan fingerprint density at radius 1 is 1.10 bits per heavy atom. The number of quaternary nitrogens is 1. The van der Waals surface area contributed by atoms with Crippen LogP contribution in [0.5, 0.6) is 28.7 Å². The number of hydrogen-bond acceptors (Lipinski definition) is 10. The summed E-state index contributed by atoms with van der Waals surface area (Å²) in [4.78, 5) is 13.3. The molecule has 2 aliphatic heterocycles. The second kappa shape index (κ2) is 10.5. The summed E-state index contributed by atoms with van der Waals surface area (Å²) in [6.07, 6.45) is 1.57. The largest absolute Gasteiger partial charge is 0.868 e. The Balaban J connectivity index is 1.86. The molecule has 0 saturated carbocycles. The number of nitrogens with zero attached hydrogens (tertiary/aromatic N) is 1. The Morgan fingerprint density at radius 2 is 1.85 bits per heavy atom. The van der Waals surface area contributed by atoms with Crippen LogP contribution in [0.4, 0.5) is 5.69 Å². The van der Waals surface area contributed by atoms with Crippen molar-refractivity contribution in [2.75, 3.05) is 33.8 Å². The van der Waals surface area contributed by atoms with E-state index in [1.165, 1.54) is 18.2 Å². The number of ether oxygens (including phenoxy) is 3. The highest BCUT2D eigenvalue weighted by molar-refractivity contribution is 5.97. The SMILES string of the molecule is C[N+](C)(CCO)c1c([O-])cc2c(c1O/C(O)=C(\N)CCCCN)C1(OC(=O)c3ccccc31)c1ccc(O)cc1O2. The van der Waals surface area contributed by atoms with Gasteiger partial charge in [-0.25, -0.2) is 4.79 Å². The predicted molar refractivity (Wildman–Crippen MR) is 149 cm³/mol. The van der Waals surface area contributed by atoms with E-state index in [0.717, 1.165) is 0 Å². The van der Waals surface area contributed by atoms with Crippen molar-refractivity contribution >= 4 is 11.7 Å². The number of aromatic hydroxyl groups is 1. The lowest BCUT2D eigenvalue weighted by atomic mass is 9.76. The third-order valence-corrected chi connectivity index (χ3v) is 7.51. The first kappa shape index (κ1) is 28.1. The summed E-state index contributed by atoms with van der Waals surface area (Å²) in [7, 11) is 3.41. The van der Waals surface area contributed by atoms with Crippen molar-refractivity contribution in [1.29, 1.82) is 0 Å². The number of hydrogen-bond donors (Lipinski definition) is 5. The second-order valence-electron chi connectivity index (χ2n) is 10.6. The number of unbranched alkanes of at least 4 members (excludes halogenated alkanes) is 1. The molecule has 1 atom stereocenters. The average molecular weight is 564 g/mol. The Morgan fingerprint density at radius 3 is 2.59 bits per heavy atom. The molecule has 2 aliphatic rings. The molecule has 0 radical (unpaired) electrons. The second-order valence-corrected chi connectivity index (χ2v) is 10.6. The third-order valence-electron chi connectivity index (χ3n) is 7.51. The minimum absolute atomic E-state index is 0.00912. The standard InChI is InChI=1S/C30H33N3O8/c1-33(2,13-14-34)26-22(36)16-24-25(27(26)40-29(38)21(32)9-5-6-12-31)30(20-11-10-17(35)15-23(20)39-24)19-8-4-3-7-18(19)28(37)41-30/h3-4,7-8,10-11,15-16,34H,5-6,9,12-14,31-32H2,1-2H3,(H2-,35,36,38)/b29-21-. The van der Waals surface area contributed by atoms with Crippen molar-refractivity contribution in [2.24, 2.45) is 11.5 Å². The number of fused-ring (bicyclic) bond motifs is 6. The highest BCUT2D eigenvalue weighted by Gasteiger charge is 2.56. The van der Waals surface area contributed by atoms with Crippen LogP contribution in [0.3, 0.4) is 0 Å². The lowest BCUT2D eigenvalue weighted by molar-refractivity contribution is -0.268. The van der Waals surface area contributed by atoms with Gasteiger partial charge >= 0.3 is 11.9 Å². The van der Waals surface area contributed by atoms with Gasteiger partial charge < -0.3 is 46.1 Å². The fourth-order valence-corrected chi connectivity index (χ4v) is 5.52. The number of benzene rings is 3. The van der Waals surface area contributed by atoms with Crippen LogP contribution >= 0.6 is 0 Å². The summed E-state index contributed by atoms with van der Waals surface area (Å²) >= 11 is 0. The van der Waals surface area contributed by atoms with E-state index in [4.69, 9.17) is 25.7 Å². The van der Waals surface area contributed by atoms with E-state index in [1.54, 1.807) is 44.4 Å². The summed E-state index contributed by atoms with van der Waals surface area (Å²) < 4.78 is 18.3. The van der Waals surface area contributed by atoms with E-state index < -0.39 is 23.3 Å². The number of aliphatic hydroxyl groups excluding tert-OH is 2. The van der Waals surface area contributed by atoms with Gasteiger partial charge in [0.15, 0.2) is 11.3 Å². The van der Waals surface area contributed by atoms with Gasteiger partial charge in [0.2, 0.25) is 5.75 Å². The lowest BCUT2D eigenvalue weighted by Gasteiger charge is -2.41. The normalized spacial score (nSPS) is 17.7. The molecule has 2 heterocycles. The van der Waals surface area contributed by atoms with Crippen LogP contribution in [-0.4, -0.2) is 55.1 Å². The number of rotatable bonds is 9. The number of phenolic OH excluding ortho intramolecular Hbond substituents is 1. The van der Waals surface area contributed by atoms with Crippen molar-refractivity contribution < 1.29 is 39.4 Å². The van der Waals surface area contributed by atoms with Crippen molar-refractivity contribution in [3.63, 3.8) is 0 Å². The first-order valence-corrected chi connectivity index (χ1v) is 13.3. The van der Waals surface area contributed by atoms with Gasteiger partial charge in [-0.1, -0.05) is 18.2 Å². The first-order chi connectivity index (χ1) is 19.5. The molecular formula is C30H33N3O8. The number of carbonyl (C=O) groups excluding carboxylic acids is 1. The highest BCUT2D eigenvalue weighted by atomic mass is 16.6. The zero-order valence-corrected chi connectivity index (χ0v) is 22.8. The van der Waals surface area contributed by atoms with Gasteiger partial charge in [-0.2, -0.15) is 0 Å². The van der Waals surface area contributed by atoms with E-state index in [2.05, 4.69) is 0 Å². The van der Waals surface area contributed by atoms with Gasteiger partial charge in [0.05, 0.1) is 37.5 Å². The molecule has 3 aromatic rings. The van der Waals surface area contributed by atoms with Crippen molar-refractivity contribution in [2.45, 2.75) is 24.9 Å². The van der Waals surface area contributed by atoms with Gasteiger partial charge in [0.1, 0.15) is 23.8 Å². The Hall–Kier alpha value is -4.45. The zero-order valence-electron chi connectivity index (χ0n) is 22.8. The molecular weight excluding hydrogens is 530 g/mol. The predicted octanol–water partition coefficient (Wildman–Crippen LogP) is 2.79. The molecule has 216 valence electrons. The number of carbonyl (C=O) groups is 1. The number of likely N-dealkylation sites (N-methyl/N-ethyl adjacent to an activating group) is 1. The number of allylic oxidation sites excluding steroid dienone is 1. The van der Waals surface area contributed by atoms with Crippen molar-refractivity contribution in [3.05, 3.63) is 82.4 Å². The van der Waals surface area contributed by atoms with Crippen LogP contribution in [0.1, 0.15) is 46.3 Å². The van der Waals surface area contributed by atoms with Gasteiger partial charge in [-0.05, 0) is 55.8 Å². The van der Waals surface area contributed by atoms with Crippen molar-refractivity contribution in [1.82, 2.24) is 4.48 Å². The molecule has 1 spiro atoms. The minimum Gasteiger partial charge on any atom is -0.868 e. The number of nitrogens with two attached hydrogens (primary N) is 2. The topological polar surface area (TPSA) is 181 Å². The van der Waals surface area contributed by atoms with E-state index >= 15 is 0 Å². The minimum atomic E-state index is -1.67. The van der Waals surface area contributed by atoms with Crippen LogP contribution in [0, 0.1) is 0 Å². The molecule has 0 aromatic heterocycles. The Bertz CT molecular complexity index is 1550. The number of phenols is 1. The lowest BCUT2D eigenvalue weighted by Crippen LogP contribution is -2.44. The average Bonchev–Trinajstić information content (AvgIpc) is 3.20. The smallest absolute Gasteiger partial charge is 0.340 e. The van der Waals surface area contributed by atoms with E-state index in [0.29, 0.717) is 36.1 Å². The van der Waals surface area contributed by atoms with Gasteiger partial charge in [0.25, 0.3) is 0 Å². The maximum absolute atomic E-state index is 13.7. The molecule has 0 aliphatic carbocycles. The molecule has 3 aromatic carbocycles. The maximum atomic E-state index is 13.7. The van der Waals surface area contributed by atoms with Crippen LogP contribution in [0.15, 0.2) is 60.2 Å². The summed E-state index contributed by atoms with van der Waals surface area (Å²) in [5, 5.41) is 44.9. The summed E-state index contributed by atoms with van der Waals surface area (Å²) in [6, 6.07) is 12.4. The van der Waals surface area contributed by atoms with E-state index in [9.17, 15) is 25.2 Å². The quantitative estimate of drug-likeness (QED) is 0.112. The molecule has 11 nitrogen and oxygen atoms in total. The van der Waals surface area contributed by atoms with Crippen LogP contribution < -0.4 is 30.5 Å². The fourth-order valence-electron chi connectivity index (χ4n) is 5.52. The summed E-state index contributed by atoms with van der Waals surface area (Å²) in [5.74, 6) is -1.78. The molecule has 11 heteroatoms. The molecule has 0 fully saturated rings. The number of esters is 1. The molecule has 41 heavy (non-hydrogen) atoms. The maximum Gasteiger partial charge on any atom is 0.340 e. The van der Waals surface area contributed by atoms with Crippen LogP contribution in [-0.2, 0) is 10.3 Å². The monoisotopic (exact) mass is 563 g/mol. The summed E-state index contributed by atoms with van der Waals surface area (Å²) in [5.41, 5.74) is 11.5. The molecule has 7 N–H and O–H groups in total.